The first-order valence-electron chi connectivity index (χ1n) is 9.66. The Morgan fingerprint density at radius 3 is 2.50 bits per heavy atom. The second-order valence-corrected chi connectivity index (χ2v) is 8.91. The van der Waals surface area contributed by atoms with E-state index in [1.807, 2.05) is 0 Å². The van der Waals surface area contributed by atoms with Crippen LogP contribution in [-0.2, 0) is 10.0 Å². The molecule has 0 fully saturated rings. The summed E-state index contributed by atoms with van der Waals surface area (Å²) in [6.07, 6.45) is 0. The number of aromatic hydroxyl groups is 1. The van der Waals surface area contributed by atoms with Gasteiger partial charge in [0, 0.05) is 0 Å². The molecule has 0 aliphatic heterocycles. The summed E-state index contributed by atoms with van der Waals surface area (Å²) in [4.78, 5) is 29.3. The third kappa shape index (κ3) is 4.35. The fraction of sp³-hybridized carbons (Fsp3) is 0.0909. The minimum absolute atomic E-state index is 0.0661. The first-order valence-corrected chi connectivity index (χ1v) is 11.1. The summed E-state index contributed by atoms with van der Waals surface area (Å²) >= 11 is 0. The van der Waals surface area contributed by atoms with Gasteiger partial charge in [0.1, 0.15) is 5.75 Å². The molecule has 4 rings (SSSR count). The lowest BCUT2D eigenvalue weighted by Gasteiger charge is -2.17. The first-order chi connectivity index (χ1) is 15.2. The van der Waals surface area contributed by atoms with Crippen LogP contribution < -0.4 is 15.7 Å². The molecule has 0 radical (unpaired) electrons. The van der Waals surface area contributed by atoms with Crippen molar-refractivity contribution in [1.29, 1.82) is 0 Å². The molecule has 0 saturated heterocycles. The molecule has 1 atom stereocenters. The number of hydrogen-bond donors (Lipinski definition) is 5. The van der Waals surface area contributed by atoms with E-state index in [0.717, 1.165) is 0 Å². The van der Waals surface area contributed by atoms with Gasteiger partial charge in [-0.1, -0.05) is 24.3 Å². The van der Waals surface area contributed by atoms with Gasteiger partial charge in [-0.3, -0.25) is 9.52 Å². The van der Waals surface area contributed by atoms with E-state index in [-0.39, 0.29) is 21.9 Å². The van der Waals surface area contributed by atoms with Crippen LogP contribution in [0.25, 0.3) is 11.0 Å². The van der Waals surface area contributed by atoms with E-state index in [9.17, 15) is 23.1 Å². The minimum Gasteiger partial charge on any atom is -0.508 e. The van der Waals surface area contributed by atoms with E-state index >= 15 is 0 Å². The number of carbonyl (C=O) groups excluding carboxylic acids is 1. The Hall–Kier alpha value is -4.05. The number of carbonyl (C=O) groups is 1. The Kier molecular flexibility index (Phi) is 5.45. The number of fused-ring (bicyclic) bond motifs is 1. The van der Waals surface area contributed by atoms with Crippen molar-refractivity contribution in [3.05, 3.63) is 88.3 Å². The molecule has 1 amide bonds. The fourth-order valence-electron chi connectivity index (χ4n) is 3.30. The third-order valence-electron chi connectivity index (χ3n) is 4.93. The van der Waals surface area contributed by atoms with Crippen molar-refractivity contribution >= 4 is 32.7 Å². The van der Waals surface area contributed by atoms with E-state index < -0.39 is 27.7 Å². The number of hydrogen-bond acceptors (Lipinski definition) is 5. The zero-order chi connectivity index (χ0) is 22.9. The average Bonchev–Trinajstić information content (AvgIpc) is 3.13. The van der Waals surface area contributed by atoms with Crippen molar-refractivity contribution in [2.24, 2.45) is 0 Å². The Bertz CT molecular complexity index is 1470. The van der Waals surface area contributed by atoms with Crippen LogP contribution in [0.3, 0.4) is 0 Å². The molecular weight excluding hydrogens is 432 g/mol. The molecule has 1 heterocycles. The van der Waals surface area contributed by atoms with E-state index in [1.54, 1.807) is 37.3 Å². The SMILES string of the molecule is CC(NC(=O)c1ccccc1NS(=O)(=O)c1ccc2[nH]c(=O)[nH]c2c1)c1cccc(O)c1. The summed E-state index contributed by atoms with van der Waals surface area (Å²) in [5.74, 6) is -0.401. The van der Waals surface area contributed by atoms with Gasteiger partial charge in [-0.05, 0) is 55.0 Å². The summed E-state index contributed by atoms with van der Waals surface area (Å²) in [7, 11) is -4.04. The second kappa shape index (κ2) is 8.23. The van der Waals surface area contributed by atoms with Crippen LogP contribution in [0.2, 0.25) is 0 Å². The molecule has 3 aromatic carbocycles. The molecule has 1 aromatic heterocycles. The Labute approximate surface area is 183 Å². The molecule has 0 saturated carbocycles. The molecule has 0 aliphatic carbocycles. The number of benzene rings is 3. The van der Waals surface area contributed by atoms with Crippen molar-refractivity contribution in [3.63, 3.8) is 0 Å². The highest BCUT2D eigenvalue weighted by molar-refractivity contribution is 7.92. The number of phenols is 1. The molecule has 0 bridgehead atoms. The molecule has 1 unspecified atom stereocenters. The number of amides is 1. The lowest BCUT2D eigenvalue weighted by Crippen LogP contribution is -2.28. The summed E-state index contributed by atoms with van der Waals surface area (Å²) in [6.45, 7) is 1.76. The van der Waals surface area contributed by atoms with E-state index in [0.29, 0.717) is 16.6 Å². The maximum atomic E-state index is 12.9. The molecule has 5 N–H and O–H groups in total. The molecule has 0 aliphatic rings. The van der Waals surface area contributed by atoms with Crippen molar-refractivity contribution in [1.82, 2.24) is 15.3 Å². The minimum atomic E-state index is -4.04. The van der Waals surface area contributed by atoms with Gasteiger partial charge < -0.3 is 20.4 Å². The zero-order valence-corrected chi connectivity index (χ0v) is 17.7. The number of aromatic nitrogens is 2. The molecular formula is C22H20N4O5S. The van der Waals surface area contributed by atoms with Crippen LogP contribution in [0.5, 0.6) is 5.75 Å². The van der Waals surface area contributed by atoms with E-state index in [4.69, 9.17) is 0 Å². The van der Waals surface area contributed by atoms with Gasteiger partial charge in [0.05, 0.1) is 33.2 Å². The first kappa shape index (κ1) is 21.2. The maximum Gasteiger partial charge on any atom is 0.323 e. The van der Waals surface area contributed by atoms with Gasteiger partial charge in [-0.25, -0.2) is 13.2 Å². The smallest absolute Gasteiger partial charge is 0.323 e. The number of aromatic amines is 2. The van der Waals surface area contributed by atoms with Gasteiger partial charge in [-0.15, -0.1) is 0 Å². The van der Waals surface area contributed by atoms with Crippen LogP contribution in [0.4, 0.5) is 5.69 Å². The lowest BCUT2D eigenvalue weighted by atomic mass is 10.1. The Morgan fingerprint density at radius 2 is 1.72 bits per heavy atom. The van der Waals surface area contributed by atoms with Crippen LogP contribution in [0.15, 0.2) is 76.4 Å². The summed E-state index contributed by atoms with van der Waals surface area (Å²) in [5, 5.41) is 12.5. The number of imidazole rings is 1. The lowest BCUT2D eigenvalue weighted by molar-refractivity contribution is 0.0940. The summed E-state index contributed by atoms with van der Waals surface area (Å²) in [5.41, 5.74) is 1.34. The molecule has 10 heteroatoms. The Balaban J connectivity index is 1.59. The maximum absolute atomic E-state index is 12.9. The van der Waals surface area contributed by atoms with Crippen LogP contribution >= 0.6 is 0 Å². The van der Waals surface area contributed by atoms with Crippen molar-refractivity contribution in [2.75, 3.05) is 4.72 Å². The molecule has 9 nitrogen and oxygen atoms in total. The number of rotatable bonds is 6. The predicted molar refractivity (Wildman–Crippen MR) is 120 cm³/mol. The number of nitrogens with one attached hydrogen (secondary N) is 4. The van der Waals surface area contributed by atoms with Gasteiger partial charge in [0.2, 0.25) is 0 Å². The van der Waals surface area contributed by atoms with Gasteiger partial charge >= 0.3 is 5.69 Å². The zero-order valence-electron chi connectivity index (χ0n) is 16.9. The molecule has 0 spiro atoms. The summed E-state index contributed by atoms with van der Waals surface area (Å²) in [6, 6.07) is 16.5. The van der Waals surface area contributed by atoms with Gasteiger partial charge in [-0.2, -0.15) is 0 Å². The highest BCUT2D eigenvalue weighted by Crippen LogP contribution is 2.23. The van der Waals surface area contributed by atoms with Crippen LogP contribution in [-0.4, -0.2) is 29.4 Å². The molecule has 164 valence electrons. The molecule has 4 aromatic rings. The van der Waals surface area contributed by atoms with Gasteiger partial charge in [0.15, 0.2) is 0 Å². The van der Waals surface area contributed by atoms with Crippen molar-refractivity contribution in [3.8, 4) is 5.75 Å². The number of sulfonamides is 1. The second-order valence-electron chi connectivity index (χ2n) is 7.23. The highest BCUT2D eigenvalue weighted by Gasteiger charge is 2.20. The van der Waals surface area contributed by atoms with Crippen LogP contribution in [0, 0.1) is 0 Å². The monoisotopic (exact) mass is 452 g/mol. The standard InChI is InChI=1S/C22H20N4O5S/c1-13(14-5-4-6-15(27)11-14)23-21(28)17-7-2-3-8-18(17)26-32(30,31)16-9-10-19-20(12-16)25-22(29)24-19/h2-13,26-27H,1H3,(H,23,28)(H2,24,25,29). The van der Waals surface area contributed by atoms with E-state index in [2.05, 4.69) is 20.0 Å². The topological polar surface area (TPSA) is 144 Å². The Morgan fingerprint density at radius 1 is 0.969 bits per heavy atom. The third-order valence-corrected chi connectivity index (χ3v) is 6.29. The number of H-pyrrole nitrogens is 2. The van der Waals surface area contributed by atoms with Crippen molar-refractivity contribution in [2.45, 2.75) is 17.9 Å². The van der Waals surface area contributed by atoms with Gasteiger partial charge in [0.25, 0.3) is 15.9 Å². The normalized spacial score (nSPS) is 12.4. The largest absolute Gasteiger partial charge is 0.508 e. The highest BCUT2D eigenvalue weighted by atomic mass is 32.2. The average molecular weight is 452 g/mol. The predicted octanol–water partition coefficient (Wildman–Crippen LogP) is 2.85. The van der Waals surface area contributed by atoms with Crippen LogP contribution in [0.1, 0.15) is 28.9 Å². The van der Waals surface area contributed by atoms with Crippen molar-refractivity contribution < 1.29 is 18.3 Å². The number of phenolic OH excluding ortho intramolecular Hbond substituents is 1. The quantitative estimate of drug-likeness (QED) is 0.306. The molecule has 32 heavy (non-hydrogen) atoms. The summed E-state index contributed by atoms with van der Waals surface area (Å²) < 4.78 is 28.3. The number of para-hydroxylation sites is 1. The number of anilines is 1. The fourth-order valence-corrected chi connectivity index (χ4v) is 4.41. The van der Waals surface area contributed by atoms with E-state index in [1.165, 1.54) is 36.4 Å².